The number of aliphatic hydroxyl groups is 1. The number of rotatable bonds is 4. The normalized spacial score (nSPS) is 21.6. The highest BCUT2D eigenvalue weighted by atomic mass is 16.3. The van der Waals surface area contributed by atoms with Crippen molar-refractivity contribution in [2.24, 2.45) is 5.92 Å². The van der Waals surface area contributed by atoms with E-state index in [1.54, 1.807) is 6.33 Å². The third kappa shape index (κ3) is 5.08. The Hall–Kier alpha value is -2.46. The molecule has 3 aromatic rings. The maximum atomic E-state index is 9.37. The predicted molar refractivity (Wildman–Crippen MR) is 112 cm³/mol. The van der Waals surface area contributed by atoms with Gasteiger partial charge in [-0.1, -0.05) is 60.7 Å². The smallest absolute Gasteiger partial charge is 0.158 e. The van der Waals surface area contributed by atoms with Crippen molar-refractivity contribution in [2.45, 2.75) is 57.1 Å². The minimum absolute atomic E-state index is 0.0417. The summed E-state index contributed by atoms with van der Waals surface area (Å²) in [6.45, 7) is 1.02. The molecular formula is C24H29N3O. The van der Waals surface area contributed by atoms with E-state index >= 15 is 0 Å². The average Bonchev–Trinajstić information content (AvgIpc) is 3.45. The first-order valence-electron chi connectivity index (χ1n) is 10.5. The lowest BCUT2D eigenvalue weighted by Crippen LogP contribution is -2.16. The lowest BCUT2D eigenvalue weighted by Gasteiger charge is -2.25. The van der Waals surface area contributed by atoms with E-state index in [1.165, 1.54) is 18.4 Å². The molecule has 2 aliphatic rings. The number of aliphatic hydroxyl groups excluding tert-OH is 1. The van der Waals surface area contributed by atoms with Crippen LogP contribution < -0.4 is 0 Å². The summed E-state index contributed by atoms with van der Waals surface area (Å²) in [4.78, 5) is 4.32. The maximum absolute atomic E-state index is 9.37. The summed E-state index contributed by atoms with van der Waals surface area (Å²) in [5.41, 5.74) is 2.59. The van der Waals surface area contributed by atoms with Gasteiger partial charge >= 0.3 is 0 Å². The average molecular weight is 376 g/mol. The summed E-state index contributed by atoms with van der Waals surface area (Å²) in [5, 5.41) is 13.7. The zero-order chi connectivity index (χ0) is 19.2. The molecule has 2 aliphatic carbocycles. The van der Waals surface area contributed by atoms with Gasteiger partial charge < -0.3 is 5.11 Å². The summed E-state index contributed by atoms with van der Waals surface area (Å²) in [6.07, 6.45) is 8.52. The first-order valence-corrected chi connectivity index (χ1v) is 10.5. The molecule has 146 valence electrons. The third-order valence-electron chi connectivity index (χ3n) is 5.74. The zero-order valence-electron chi connectivity index (χ0n) is 16.3. The van der Waals surface area contributed by atoms with Crippen LogP contribution in [0.3, 0.4) is 0 Å². The molecule has 1 aromatic heterocycles. The van der Waals surface area contributed by atoms with E-state index < -0.39 is 0 Å². The molecular weight excluding hydrogens is 346 g/mol. The highest BCUT2D eigenvalue weighted by Crippen LogP contribution is 2.32. The van der Waals surface area contributed by atoms with E-state index in [2.05, 4.69) is 52.5 Å². The van der Waals surface area contributed by atoms with Crippen LogP contribution in [-0.4, -0.2) is 26.0 Å². The first kappa shape index (κ1) is 18.9. The number of benzene rings is 2. The first-order chi connectivity index (χ1) is 13.8. The molecule has 0 saturated heterocycles. The Balaban J connectivity index is 0.000000139. The van der Waals surface area contributed by atoms with Crippen molar-refractivity contribution in [3.05, 3.63) is 72.6 Å². The lowest BCUT2D eigenvalue weighted by molar-refractivity contribution is 0.122. The molecule has 28 heavy (non-hydrogen) atoms. The van der Waals surface area contributed by atoms with Gasteiger partial charge in [0.25, 0.3) is 0 Å². The monoisotopic (exact) mass is 375 g/mol. The van der Waals surface area contributed by atoms with Crippen LogP contribution in [0.15, 0.2) is 67.0 Å². The van der Waals surface area contributed by atoms with Crippen LogP contribution in [0.5, 0.6) is 0 Å². The SMILES string of the molecule is OC1CCC(c2ccccc2)CC1.c1ccc(-c2ncnn2CC2CC2)cc1. The Labute approximate surface area is 167 Å². The van der Waals surface area contributed by atoms with E-state index in [0.717, 1.165) is 49.5 Å². The third-order valence-corrected chi connectivity index (χ3v) is 5.74. The molecule has 4 heteroatoms. The van der Waals surface area contributed by atoms with Gasteiger partial charge in [-0.3, -0.25) is 0 Å². The summed E-state index contributed by atoms with van der Waals surface area (Å²) in [6, 6.07) is 20.9. The van der Waals surface area contributed by atoms with E-state index in [4.69, 9.17) is 0 Å². The molecule has 1 heterocycles. The van der Waals surface area contributed by atoms with Crippen LogP contribution in [0.2, 0.25) is 0 Å². The molecule has 1 N–H and O–H groups in total. The van der Waals surface area contributed by atoms with Crippen molar-refractivity contribution in [3.63, 3.8) is 0 Å². The van der Waals surface area contributed by atoms with Crippen LogP contribution in [-0.2, 0) is 6.54 Å². The molecule has 0 radical (unpaired) electrons. The molecule has 5 rings (SSSR count). The van der Waals surface area contributed by atoms with Crippen molar-refractivity contribution in [1.82, 2.24) is 14.8 Å². The topological polar surface area (TPSA) is 50.9 Å². The predicted octanol–water partition coefficient (Wildman–Crippen LogP) is 5.06. The van der Waals surface area contributed by atoms with Crippen molar-refractivity contribution in [1.29, 1.82) is 0 Å². The van der Waals surface area contributed by atoms with Crippen molar-refractivity contribution in [2.75, 3.05) is 0 Å². The summed E-state index contributed by atoms with van der Waals surface area (Å²) >= 11 is 0. The van der Waals surface area contributed by atoms with E-state index in [-0.39, 0.29) is 6.10 Å². The van der Waals surface area contributed by atoms with Gasteiger partial charge in [0.05, 0.1) is 6.10 Å². The summed E-state index contributed by atoms with van der Waals surface area (Å²) < 4.78 is 2.02. The van der Waals surface area contributed by atoms with Gasteiger partial charge in [0, 0.05) is 12.1 Å². The molecule has 0 spiro atoms. The van der Waals surface area contributed by atoms with Crippen molar-refractivity contribution < 1.29 is 5.11 Å². The van der Waals surface area contributed by atoms with E-state index in [1.807, 2.05) is 22.9 Å². The fourth-order valence-corrected chi connectivity index (χ4v) is 3.89. The summed E-state index contributed by atoms with van der Waals surface area (Å²) in [5.74, 6) is 2.50. The molecule has 0 atom stereocenters. The molecule has 0 aliphatic heterocycles. The fraction of sp³-hybridized carbons (Fsp3) is 0.417. The quantitative estimate of drug-likeness (QED) is 0.693. The highest BCUT2D eigenvalue weighted by Gasteiger charge is 2.23. The Kier molecular flexibility index (Phi) is 6.17. The van der Waals surface area contributed by atoms with Crippen LogP contribution in [0.4, 0.5) is 0 Å². The van der Waals surface area contributed by atoms with Gasteiger partial charge in [-0.05, 0) is 55.9 Å². The van der Waals surface area contributed by atoms with Crippen LogP contribution in [0.25, 0.3) is 11.4 Å². The Morgan fingerprint density at radius 3 is 2.11 bits per heavy atom. The van der Waals surface area contributed by atoms with Gasteiger partial charge in [-0.15, -0.1) is 0 Å². The second kappa shape index (κ2) is 9.16. The number of hydrogen-bond donors (Lipinski definition) is 1. The van der Waals surface area contributed by atoms with Crippen LogP contribution in [0.1, 0.15) is 50.0 Å². The fourth-order valence-electron chi connectivity index (χ4n) is 3.89. The zero-order valence-corrected chi connectivity index (χ0v) is 16.3. The Morgan fingerprint density at radius 2 is 1.46 bits per heavy atom. The standard InChI is InChI=1S/C12H13N3.C12H16O/c1-2-4-11(5-3-1)12-13-9-14-15(12)8-10-6-7-10;13-12-8-6-11(7-9-12)10-4-2-1-3-5-10/h1-5,9-10H,6-8H2;1-5,11-13H,6-9H2. The van der Waals surface area contributed by atoms with Crippen molar-refractivity contribution in [3.8, 4) is 11.4 Å². The second-order valence-electron chi connectivity index (χ2n) is 7.99. The van der Waals surface area contributed by atoms with Crippen LogP contribution in [0, 0.1) is 5.92 Å². The molecule has 2 aromatic carbocycles. The van der Waals surface area contributed by atoms with Crippen LogP contribution >= 0.6 is 0 Å². The molecule has 2 saturated carbocycles. The highest BCUT2D eigenvalue weighted by molar-refractivity contribution is 5.54. The van der Waals surface area contributed by atoms with Gasteiger partial charge in [-0.2, -0.15) is 5.10 Å². The van der Waals surface area contributed by atoms with E-state index in [9.17, 15) is 5.11 Å². The van der Waals surface area contributed by atoms with Gasteiger partial charge in [0.2, 0.25) is 0 Å². The minimum atomic E-state index is -0.0417. The second-order valence-corrected chi connectivity index (χ2v) is 7.99. The number of hydrogen-bond acceptors (Lipinski definition) is 3. The van der Waals surface area contributed by atoms with Gasteiger partial charge in [0.1, 0.15) is 6.33 Å². The largest absolute Gasteiger partial charge is 0.393 e. The lowest BCUT2D eigenvalue weighted by atomic mass is 9.83. The molecule has 0 unspecified atom stereocenters. The number of nitrogens with zero attached hydrogens (tertiary/aromatic N) is 3. The van der Waals surface area contributed by atoms with Crippen molar-refractivity contribution >= 4 is 0 Å². The Bertz CT molecular complexity index is 835. The number of aromatic nitrogens is 3. The maximum Gasteiger partial charge on any atom is 0.158 e. The minimum Gasteiger partial charge on any atom is -0.393 e. The van der Waals surface area contributed by atoms with E-state index in [0.29, 0.717) is 5.92 Å². The molecule has 0 amide bonds. The molecule has 4 nitrogen and oxygen atoms in total. The summed E-state index contributed by atoms with van der Waals surface area (Å²) in [7, 11) is 0. The van der Waals surface area contributed by atoms with Gasteiger partial charge in [0.15, 0.2) is 5.82 Å². The van der Waals surface area contributed by atoms with Gasteiger partial charge in [-0.25, -0.2) is 9.67 Å². The molecule has 2 fully saturated rings. The molecule has 0 bridgehead atoms. The Morgan fingerprint density at radius 1 is 0.821 bits per heavy atom.